The summed E-state index contributed by atoms with van der Waals surface area (Å²) < 4.78 is 22.8. The lowest BCUT2D eigenvalue weighted by molar-refractivity contribution is 0.484. The molecule has 0 aromatic rings. The molecule has 66 valence electrons. The van der Waals surface area contributed by atoms with Crippen LogP contribution in [0.1, 0.15) is 6.42 Å². The third-order valence-electron chi connectivity index (χ3n) is 1.24. The topological polar surface area (TPSA) is 63.4 Å². The first-order chi connectivity index (χ1) is 4.84. The van der Waals surface area contributed by atoms with Crippen molar-refractivity contribution in [1.82, 2.24) is 4.31 Å². The Morgan fingerprint density at radius 2 is 2.09 bits per heavy atom. The molecule has 2 N–H and O–H groups in total. The van der Waals surface area contributed by atoms with Crippen LogP contribution in [0.3, 0.4) is 0 Å². The van der Waals surface area contributed by atoms with E-state index in [2.05, 4.69) is 12.2 Å². The van der Waals surface area contributed by atoms with Crippen LogP contribution in [0.4, 0.5) is 0 Å². The van der Waals surface area contributed by atoms with Gasteiger partial charge >= 0.3 is 0 Å². The van der Waals surface area contributed by atoms with Crippen LogP contribution in [0.5, 0.6) is 0 Å². The zero-order chi connectivity index (χ0) is 9.07. The van der Waals surface area contributed by atoms with Gasteiger partial charge in [-0.15, -0.1) is 0 Å². The molecule has 6 heteroatoms. The maximum absolute atomic E-state index is 10.8. The van der Waals surface area contributed by atoms with Crippen molar-refractivity contribution in [1.29, 1.82) is 0 Å². The summed E-state index contributed by atoms with van der Waals surface area (Å²) >= 11 is 4.59. The van der Waals surface area contributed by atoms with Gasteiger partial charge in [0.1, 0.15) is 0 Å². The maximum Gasteiger partial charge on any atom is 0.210 e. The average molecular weight is 196 g/mol. The number of nitrogens with zero attached hydrogens (tertiary/aromatic N) is 1. The molecule has 11 heavy (non-hydrogen) atoms. The lowest BCUT2D eigenvalue weighted by atomic mass is 10.4. The van der Waals surface area contributed by atoms with Gasteiger partial charge < -0.3 is 5.73 Å². The Hall–Kier alpha value is -0.200. The van der Waals surface area contributed by atoms with Crippen molar-refractivity contribution in [2.75, 3.05) is 19.8 Å². The molecule has 0 atom stereocenters. The predicted octanol–water partition coefficient (Wildman–Crippen LogP) is -0.446. The van der Waals surface area contributed by atoms with Gasteiger partial charge in [0.25, 0.3) is 0 Å². The monoisotopic (exact) mass is 196 g/mol. The first-order valence-electron chi connectivity index (χ1n) is 3.03. The second-order valence-corrected chi connectivity index (χ2v) is 4.91. The van der Waals surface area contributed by atoms with Gasteiger partial charge in [-0.2, -0.15) is 0 Å². The van der Waals surface area contributed by atoms with E-state index in [1.165, 1.54) is 11.4 Å². The zero-order valence-corrected chi connectivity index (χ0v) is 8.20. The maximum atomic E-state index is 10.8. The van der Waals surface area contributed by atoms with Gasteiger partial charge in [0, 0.05) is 20.0 Å². The molecule has 0 unspecified atom stereocenters. The minimum atomic E-state index is -3.08. The molecule has 0 amide bonds. The Morgan fingerprint density at radius 3 is 2.36 bits per heavy atom. The fourth-order valence-electron chi connectivity index (χ4n) is 0.433. The minimum Gasteiger partial charge on any atom is -0.393 e. The van der Waals surface area contributed by atoms with Crippen LogP contribution in [0.2, 0.25) is 0 Å². The van der Waals surface area contributed by atoms with Crippen LogP contribution in [-0.4, -0.2) is 37.6 Å². The Morgan fingerprint density at radius 1 is 1.64 bits per heavy atom. The summed E-state index contributed by atoms with van der Waals surface area (Å²) in [5.74, 6) is 0. The summed E-state index contributed by atoms with van der Waals surface area (Å²) in [7, 11) is -1.59. The van der Waals surface area contributed by atoms with Gasteiger partial charge in [-0.1, -0.05) is 12.2 Å². The average Bonchev–Trinajstić information content (AvgIpc) is 1.80. The van der Waals surface area contributed by atoms with Crippen LogP contribution in [-0.2, 0) is 10.0 Å². The van der Waals surface area contributed by atoms with E-state index in [-0.39, 0.29) is 0 Å². The summed E-state index contributed by atoms with van der Waals surface area (Å²) in [5.41, 5.74) is 5.19. The van der Waals surface area contributed by atoms with Crippen molar-refractivity contribution in [3.63, 3.8) is 0 Å². The molecule has 0 fully saturated rings. The number of rotatable bonds is 4. The predicted molar refractivity (Wildman–Crippen MR) is 48.9 cm³/mol. The van der Waals surface area contributed by atoms with Crippen molar-refractivity contribution in [3.05, 3.63) is 0 Å². The second kappa shape index (κ2) is 3.99. The van der Waals surface area contributed by atoms with Gasteiger partial charge in [0.2, 0.25) is 10.0 Å². The molecule has 0 rings (SSSR count). The number of thiocarbonyl (C=S) groups is 1. The van der Waals surface area contributed by atoms with Crippen molar-refractivity contribution < 1.29 is 8.42 Å². The van der Waals surface area contributed by atoms with Crippen molar-refractivity contribution in [2.24, 2.45) is 5.73 Å². The van der Waals surface area contributed by atoms with Crippen LogP contribution in [0.15, 0.2) is 0 Å². The van der Waals surface area contributed by atoms with E-state index in [1.807, 2.05) is 0 Å². The van der Waals surface area contributed by atoms with Gasteiger partial charge in [0.15, 0.2) is 0 Å². The van der Waals surface area contributed by atoms with E-state index in [0.717, 1.165) is 6.26 Å². The molecule has 0 aliphatic rings. The third-order valence-corrected chi connectivity index (χ3v) is 2.76. The van der Waals surface area contributed by atoms with E-state index >= 15 is 0 Å². The third kappa shape index (κ3) is 5.11. The van der Waals surface area contributed by atoms with E-state index in [0.29, 0.717) is 18.0 Å². The van der Waals surface area contributed by atoms with E-state index < -0.39 is 10.0 Å². The smallest absolute Gasteiger partial charge is 0.210 e. The molecular formula is C5H12N2O2S2. The lowest BCUT2D eigenvalue weighted by Crippen LogP contribution is -2.28. The van der Waals surface area contributed by atoms with Crippen molar-refractivity contribution in [3.8, 4) is 0 Å². The Kier molecular flexibility index (Phi) is 3.91. The Balaban J connectivity index is 3.90. The number of hydrogen-bond acceptors (Lipinski definition) is 3. The highest BCUT2D eigenvalue weighted by Gasteiger charge is 2.09. The molecular weight excluding hydrogens is 184 g/mol. The molecule has 0 aliphatic carbocycles. The quantitative estimate of drug-likeness (QED) is 0.619. The molecule has 0 aliphatic heterocycles. The first kappa shape index (κ1) is 10.8. The minimum absolute atomic E-state index is 0.334. The van der Waals surface area contributed by atoms with Crippen molar-refractivity contribution >= 4 is 27.2 Å². The molecule has 0 saturated heterocycles. The zero-order valence-electron chi connectivity index (χ0n) is 6.57. The van der Waals surface area contributed by atoms with Crippen LogP contribution >= 0.6 is 12.2 Å². The summed E-state index contributed by atoms with van der Waals surface area (Å²) in [6.07, 6.45) is 1.57. The molecule has 0 heterocycles. The van der Waals surface area contributed by atoms with Gasteiger partial charge in [-0.05, 0) is 0 Å². The Bertz CT molecular complexity index is 235. The number of nitrogens with two attached hydrogens (primary N) is 1. The molecule has 0 spiro atoms. The molecule has 0 aromatic heterocycles. The SMILES string of the molecule is CN(CCC(N)=S)S(C)(=O)=O. The fourth-order valence-corrected chi connectivity index (χ4v) is 0.948. The van der Waals surface area contributed by atoms with Crippen LogP contribution in [0, 0.1) is 0 Å². The normalized spacial score (nSPS) is 11.9. The van der Waals surface area contributed by atoms with Crippen LogP contribution in [0.25, 0.3) is 0 Å². The number of hydrogen-bond donors (Lipinski definition) is 1. The fraction of sp³-hybridized carbons (Fsp3) is 0.800. The van der Waals surface area contributed by atoms with Gasteiger partial charge in [-0.25, -0.2) is 12.7 Å². The second-order valence-electron chi connectivity index (χ2n) is 2.30. The molecule has 0 bridgehead atoms. The summed E-state index contributed by atoms with van der Waals surface area (Å²) in [4.78, 5) is 0.334. The van der Waals surface area contributed by atoms with E-state index in [9.17, 15) is 8.42 Å². The highest BCUT2D eigenvalue weighted by Crippen LogP contribution is 1.94. The summed E-state index contributed by atoms with van der Waals surface area (Å²) in [5, 5.41) is 0. The summed E-state index contributed by atoms with van der Waals surface area (Å²) in [6, 6.07) is 0. The highest BCUT2D eigenvalue weighted by molar-refractivity contribution is 7.88. The van der Waals surface area contributed by atoms with E-state index in [4.69, 9.17) is 5.73 Å². The molecule has 0 radical (unpaired) electrons. The largest absolute Gasteiger partial charge is 0.393 e. The number of sulfonamides is 1. The lowest BCUT2D eigenvalue weighted by Gasteiger charge is -2.12. The van der Waals surface area contributed by atoms with Crippen molar-refractivity contribution in [2.45, 2.75) is 6.42 Å². The highest BCUT2D eigenvalue weighted by atomic mass is 32.2. The molecule has 0 saturated carbocycles. The molecule has 0 aromatic carbocycles. The van der Waals surface area contributed by atoms with Gasteiger partial charge in [0.05, 0.1) is 11.2 Å². The van der Waals surface area contributed by atoms with Crippen LogP contribution < -0.4 is 5.73 Å². The standard InChI is InChI=1S/C5H12N2O2S2/c1-7(11(2,8)9)4-3-5(6)10/h3-4H2,1-2H3,(H2,6,10). The Labute approximate surface area is 72.4 Å². The first-order valence-corrected chi connectivity index (χ1v) is 5.29. The molecule has 4 nitrogen and oxygen atoms in total. The summed E-state index contributed by atoms with van der Waals surface area (Å²) in [6.45, 7) is 0.355. The van der Waals surface area contributed by atoms with Gasteiger partial charge in [-0.3, -0.25) is 0 Å². The van der Waals surface area contributed by atoms with E-state index in [1.54, 1.807) is 0 Å².